The molecule has 0 aromatic heterocycles. The molecule has 2 unspecified atom stereocenters. The van der Waals surface area contributed by atoms with Crippen LogP contribution in [0.25, 0.3) is 0 Å². The van der Waals surface area contributed by atoms with Gasteiger partial charge in [-0.25, -0.2) is 0 Å². The summed E-state index contributed by atoms with van der Waals surface area (Å²) < 4.78 is 0. The lowest BCUT2D eigenvalue weighted by molar-refractivity contribution is -0.146. The lowest BCUT2D eigenvalue weighted by atomic mass is 9.61. The van der Waals surface area contributed by atoms with Crippen LogP contribution in [-0.2, 0) is 14.4 Å². The maximum absolute atomic E-state index is 12.8. The smallest absolute Gasteiger partial charge is 0.158 e. The molecule has 2 rings (SSSR count). The van der Waals surface area contributed by atoms with E-state index in [1.165, 1.54) is 0 Å². The summed E-state index contributed by atoms with van der Waals surface area (Å²) in [6, 6.07) is 9.48. The maximum Gasteiger partial charge on any atom is 0.158 e. The normalized spacial score (nSPS) is 24.9. The van der Waals surface area contributed by atoms with Crippen molar-refractivity contribution in [2.75, 3.05) is 0 Å². The Morgan fingerprint density at radius 3 is 2.38 bits per heavy atom. The molecule has 0 aliphatic heterocycles. The van der Waals surface area contributed by atoms with Crippen molar-refractivity contribution in [2.24, 2.45) is 11.3 Å². The van der Waals surface area contributed by atoms with Crippen LogP contribution in [0.15, 0.2) is 30.3 Å². The van der Waals surface area contributed by atoms with E-state index in [4.69, 9.17) is 0 Å². The van der Waals surface area contributed by atoms with Crippen molar-refractivity contribution < 1.29 is 14.4 Å². The number of carbonyl (C=O) groups is 3. The third-order valence-corrected chi connectivity index (χ3v) is 4.25. The van der Waals surface area contributed by atoms with E-state index in [2.05, 4.69) is 0 Å². The second-order valence-electron chi connectivity index (χ2n) is 6.53. The van der Waals surface area contributed by atoms with Crippen LogP contribution >= 0.6 is 0 Å². The summed E-state index contributed by atoms with van der Waals surface area (Å²) in [4.78, 5) is 37.3. The zero-order chi connectivity index (χ0) is 15.6. The fourth-order valence-corrected chi connectivity index (χ4v) is 3.35. The molecule has 0 N–H and O–H groups in total. The molecule has 112 valence electrons. The van der Waals surface area contributed by atoms with Crippen LogP contribution in [0, 0.1) is 11.3 Å². The standard InChI is InChI=1S/C18H22O3/c1-4-8-13(19)15-14(20)11-18(2,3)16(17(15)21)12-9-6-5-7-10-12/h5-7,9-10,15-16H,4,8,11H2,1-3H3. The van der Waals surface area contributed by atoms with Crippen molar-refractivity contribution in [1.29, 1.82) is 0 Å². The van der Waals surface area contributed by atoms with Crippen LogP contribution in [-0.4, -0.2) is 17.3 Å². The number of rotatable bonds is 4. The largest absolute Gasteiger partial charge is 0.298 e. The van der Waals surface area contributed by atoms with Gasteiger partial charge in [-0.15, -0.1) is 0 Å². The number of Topliss-reactive ketones (excluding diaryl/α,β-unsaturated/α-hetero) is 3. The summed E-state index contributed by atoms with van der Waals surface area (Å²) in [7, 11) is 0. The summed E-state index contributed by atoms with van der Waals surface area (Å²) in [5.74, 6) is -2.09. The molecule has 1 aliphatic rings. The Balaban J connectivity index is 2.41. The van der Waals surface area contributed by atoms with Crippen LogP contribution < -0.4 is 0 Å². The zero-order valence-corrected chi connectivity index (χ0v) is 12.9. The van der Waals surface area contributed by atoms with Crippen LogP contribution in [0.3, 0.4) is 0 Å². The summed E-state index contributed by atoms with van der Waals surface area (Å²) in [6.07, 6.45) is 1.23. The van der Waals surface area contributed by atoms with Gasteiger partial charge in [-0.05, 0) is 17.4 Å². The average molecular weight is 286 g/mol. The minimum atomic E-state index is -1.05. The van der Waals surface area contributed by atoms with Gasteiger partial charge in [-0.3, -0.25) is 14.4 Å². The van der Waals surface area contributed by atoms with Gasteiger partial charge in [-0.1, -0.05) is 51.1 Å². The van der Waals surface area contributed by atoms with E-state index in [1.807, 2.05) is 51.1 Å². The number of hydrogen-bond acceptors (Lipinski definition) is 3. The summed E-state index contributed by atoms with van der Waals surface area (Å²) in [5, 5.41) is 0. The van der Waals surface area contributed by atoms with E-state index in [0.29, 0.717) is 12.8 Å². The molecular weight excluding hydrogens is 264 g/mol. The van der Waals surface area contributed by atoms with Gasteiger partial charge in [0.1, 0.15) is 5.92 Å². The van der Waals surface area contributed by atoms with Gasteiger partial charge < -0.3 is 0 Å². The van der Waals surface area contributed by atoms with Crippen LogP contribution in [0.5, 0.6) is 0 Å². The minimum absolute atomic E-state index is 0.212. The average Bonchev–Trinajstić information content (AvgIpc) is 2.38. The lowest BCUT2D eigenvalue weighted by Crippen LogP contribution is -2.47. The summed E-state index contributed by atoms with van der Waals surface area (Å²) in [5.41, 5.74) is 0.452. The summed E-state index contributed by atoms with van der Waals surface area (Å²) >= 11 is 0. The maximum atomic E-state index is 12.8. The minimum Gasteiger partial charge on any atom is -0.298 e. The van der Waals surface area contributed by atoms with Crippen molar-refractivity contribution in [3.63, 3.8) is 0 Å². The Labute approximate surface area is 125 Å². The topological polar surface area (TPSA) is 51.2 Å². The molecule has 1 aliphatic carbocycles. The number of ketones is 3. The lowest BCUT2D eigenvalue weighted by Gasteiger charge is -2.39. The molecule has 21 heavy (non-hydrogen) atoms. The Kier molecular flexibility index (Phi) is 4.40. The first-order chi connectivity index (χ1) is 9.88. The molecule has 1 aromatic carbocycles. The van der Waals surface area contributed by atoms with Crippen molar-refractivity contribution >= 4 is 17.3 Å². The van der Waals surface area contributed by atoms with Gasteiger partial charge in [0.15, 0.2) is 17.3 Å². The van der Waals surface area contributed by atoms with Crippen molar-refractivity contribution in [3.8, 4) is 0 Å². The Bertz CT molecular complexity index is 557. The molecule has 1 fully saturated rings. The van der Waals surface area contributed by atoms with Crippen molar-refractivity contribution in [1.82, 2.24) is 0 Å². The van der Waals surface area contributed by atoms with E-state index in [1.54, 1.807) is 0 Å². The van der Waals surface area contributed by atoms with E-state index < -0.39 is 11.3 Å². The highest BCUT2D eigenvalue weighted by Gasteiger charge is 2.50. The zero-order valence-electron chi connectivity index (χ0n) is 12.9. The molecular formula is C18H22O3. The highest BCUT2D eigenvalue weighted by molar-refractivity contribution is 6.22. The molecule has 1 aromatic rings. The third-order valence-electron chi connectivity index (χ3n) is 4.25. The molecule has 0 radical (unpaired) electrons. The molecule has 2 atom stereocenters. The monoisotopic (exact) mass is 286 g/mol. The first-order valence-corrected chi connectivity index (χ1v) is 7.52. The Hall–Kier alpha value is -1.77. The highest BCUT2D eigenvalue weighted by Crippen LogP contribution is 2.45. The number of benzene rings is 1. The fourth-order valence-electron chi connectivity index (χ4n) is 3.35. The first-order valence-electron chi connectivity index (χ1n) is 7.52. The van der Waals surface area contributed by atoms with Gasteiger partial charge in [0.05, 0.1) is 0 Å². The predicted molar refractivity (Wildman–Crippen MR) is 81.0 cm³/mol. The van der Waals surface area contributed by atoms with Crippen molar-refractivity contribution in [2.45, 2.75) is 46.0 Å². The second-order valence-corrected chi connectivity index (χ2v) is 6.53. The van der Waals surface area contributed by atoms with Gasteiger partial charge in [0.25, 0.3) is 0 Å². The third kappa shape index (κ3) is 2.97. The van der Waals surface area contributed by atoms with E-state index in [9.17, 15) is 14.4 Å². The Morgan fingerprint density at radius 2 is 1.81 bits per heavy atom. The van der Waals surface area contributed by atoms with Gasteiger partial charge in [0, 0.05) is 18.8 Å². The van der Waals surface area contributed by atoms with E-state index in [-0.39, 0.29) is 29.7 Å². The second kappa shape index (κ2) is 5.92. The molecule has 0 heterocycles. The molecule has 3 heteroatoms. The number of carbonyl (C=O) groups excluding carboxylic acids is 3. The molecule has 0 spiro atoms. The Morgan fingerprint density at radius 1 is 1.19 bits per heavy atom. The van der Waals surface area contributed by atoms with E-state index >= 15 is 0 Å². The summed E-state index contributed by atoms with van der Waals surface area (Å²) in [6.45, 7) is 5.75. The van der Waals surface area contributed by atoms with Gasteiger partial charge >= 0.3 is 0 Å². The predicted octanol–water partition coefficient (Wildman–Crippen LogP) is 3.32. The molecule has 1 saturated carbocycles. The molecule has 0 bridgehead atoms. The number of hydrogen-bond donors (Lipinski definition) is 0. The van der Waals surface area contributed by atoms with Gasteiger partial charge in [-0.2, -0.15) is 0 Å². The van der Waals surface area contributed by atoms with Crippen LogP contribution in [0.1, 0.15) is 51.5 Å². The molecule has 0 amide bonds. The van der Waals surface area contributed by atoms with Crippen molar-refractivity contribution in [3.05, 3.63) is 35.9 Å². The van der Waals surface area contributed by atoms with E-state index in [0.717, 1.165) is 5.56 Å². The quantitative estimate of drug-likeness (QED) is 0.798. The SMILES string of the molecule is CCCC(=O)C1C(=O)CC(C)(C)C(c2ccccc2)C1=O. The molecule has 3 nitrogen and oxygen atoms in total. The highest BCUT2D eigenvalue weighted by atomic mass is 16.2. The molecule has 0 saturated heterocycles. The fraction of sp³-hybridized carbons (Fsp3) is 0.500. The van der Waals surface area contributed by atoms with Crippen LogP contribution in [0.2, 0.25) is 0 Å². The van der Waals surface area contributed by atoms with Crippen LogP contribution in [0.4, 0.5) is 0 Å². The van der Waals surface area contributed by atoms with Gasteiger partial charge in [0.2, 0.25) is 0 Å². The first kappa shape index (κ1) is 15.6.